The van der Waals surface area contributed by atoms with Gasteiger partial charge in [-0.05, 0) is 79.8 Å². The van der Waals surface area contributed by atoms with Crippen LogP contribution in [0.3, 0.4) is 0 Å². The van der Waals surface area contributed by atoms with Crippen LogP contribution in [-0.2, 0) is 14.8 Å². The minimum atomic E-state index is -3.34. The summed E-state index contributed by atoms with van der Waals surface area (Å²) in [5.41, 5.74) is 3.68. The standard InChI is InChI=1S/C24H34N2O5S/c1-15(2)21-14-22(16(3)13-23(21)30-7)17(4)25-24(27)18(5)31-20-11-9-19(10-12-20)26(6)32(8,28)29/h9-15,17-18H,1-8H3,(H,25,27)/t17-,18-/m1/s1. The van der Waals surface area contributed by atoms with Crippen LogP contribution in [0.1, 0.15) is 56.3 Å². The average molecular weight is 463 g/mol. The number of sulfonamides is 1. The lowest BCUT2D eigenvalue weighted by molar-refractivity contribution is -0.127. The molecule has 2 aromatic carbocycles. The van der Waals surface area contributed by atoms with Crippen molar-refractivity contribution in [2.45, 2.75) is 52.7 Å². The van der Waals surface area contributed by atoms with Crippen LogP contribution < -0.4 is 19.1 Å². The third-order valence-corrected chi connectivity index (χ3v) is 6.65. The van der Waals surface area contributed by atoms with E-state index in [1.165, 1.54) is 11.4 Å². The number of nitrogens with zero attached hydrogens (tertiary/aromatic N) is 1. The van der Waals surface area contributed by atoms with Crippen LogP contribution in [0.5, 0.6) is 11.5 Å². The van der Waals surface area contributed by atoms with Gasteiger partial charge in [0.25, 0.3) is 5.91 Å². The lowest BCUT2D eigenvalue weighted by Crippen LogP contribution is -2.38. The van der Waals surface area contributed by atoms with Crippen LogP contribution >= 0.6 is 0 Å². The van der Waals surface area contributed by atoms with E-state index in [1.807, 2.05) is 19.9 Å². The van der Waals surface area contributed by atoms with Crippen molar-refractivity contribution in [2.75, 3.05) is 24.7 Å². The quantitative estimate of drug-likeness (QED) is 0.605. The van der Waals surface area contributed by atoms with Gasteiger partial charge in [0.2, 0.25) is 10.0 Å². The van der Waals surface area contributed by atoms with Gasteiger partial charge in [-0.25, -0.2) is 8.42 Å². The molecule has 0 spiro atoms. The molecule has 0 aliphatic heterocycles. The van der Waals surface area contributed by atoms with Gasteiger partial charge in [0.05, 0.1) is 25.1 Å². The van der Waals surface area contributed by atoms with Crippen LogP contribution in [0.15, 0.2) is 36.4 Å². The van der Waals surface area contributed by atoms with Crippen molar-refractivity contribution in [1.82, 2.24) is 5.32 Å². The summed E-state index contributed by atoms with van der Waals surface area (Å²) in [4.78, 5) is 12.7. The molecule has 176 valence electrons. The molecule has 32 heavy (non-hydrogen) atoms. The fourth-order valence-electron chi connectivity index (χ4n) is 3.40. The Morgan fingerprint density at radius 2 is 1.62 bits per heavy atom. The molecule has 0 heterocycles. The smallest absolute Gasteiger partial charge is 0.261 e. The highest BCUT2D eigenvalue weighted by molar-refractivity contribution is 7.92. The van der Waals surface area contributed by atoms with E-state index in [-0.39, 0.29) is 11.9 Å². The normalized spacial score (nSPS) is 13.4. The number of carbonyl (C=O) groups is 1. The van der Waals surface area contributed by atoms with E-state index in [2.05, 4.69) is 25.2 Å². The maximum Gasteiger partial charge on any atom is 0.261 e. The van der Waals surface area contributed by atoms with Gasteiger partial charge >= 0.3 is 0 Å². The number of ether oxygens (including phenoxy) is 2. The molecule has 0 aliphatic rings. The van der Waals surface area contributed by atoms with Crippen LogP contribution in [0.25, 0.3) is 0 Å². The lowest BCUT2D eigenvalue weighted by Gasteiger charge is -2.23. The Labute approximate surface area is 191 Å². The summed E-state index contributed by atoms with van der Waals surface area (Å²) in [6.45, 7) is 9.84. The predicted molar refractivity (Wildman–Crippen MR) is 128 cm³/mol. The topological polar surface area (TPSA) is 84.9 Å². The van der Waals surface area contributed by atoms with Crippen LogP contribution in [0, 0.1) is 6.92 Å². The number of rotatable bonds is 9. The van der Waals surface area contributed by atoms with Crippen molar-refractivity contribution in [3.8, 4) is 11.5 Å². The zero-order valence-corrected chi connectivity index (χ0v) is 20.9. The summed E-state index contributed by atoms with van der Waals surface area (Å²) in [6.07, 6.45) is 0.415. The summed E-state index contributed by atoms with van der Waals surface area (Å²) >= 11 is 0. The highest BCUT2D eigenvalue weighted by Crippen LogP contribution is 2.32. The van der Waals surface area contributed by atoms with Gasteiger partial charge < -0.3 is 14.8 Å². The largest absolute Gasteiger partial charge is 0.496 e. The second kappa shape index (κ2) is 10.3. The summed E-state index contributed by atoms with van der Waals surface area (Å²) in [6, 6.07) is 10.5. The molecule has 0 saturated carbocycles. The summed E-state index contributed by atoms with van der Waals surface area (Å²) in [5, 5.41) is 3.02. The molecule has 2 rings (SSSR count). The van der Waals surface area contributed by atoms with Crippen molar-refractivity contribution in [1.29, 1.82) is 0 Å². The molecule has 0 unspecified atom stereocenters. The number of amides is 1. The van der Waals surface area contributed by atoms with E-state index in [9.17, 15) is 13.2 Å². The molecule has 0 aliphatic carbocycles. The van der Waals surface area contributed by atoms with Crippen LogP contribution in [0.2, 0.25) is 0 Å². The third kappa shape index (κ3) is 6.16. The van der Waals surface area contributed by atoms with Crippen LogP contribution in [-0.4, -0.2) is 40.8 Å². The Hall–Kier alpha value is -2.74. The van der Waals surface area contributed by atoms with Crippen molar-refractivity contribution in [2.24, 2.45) is 0 Å². The Morgan fingerprint density at radius 1 is 1.03 bits per heavy atom. The second-order valence-corrected chi connectivity index (χ2v) is 10.3. The van der Waals surface area contributed by atoms with E-state index >= 15 is 0 Å². The van der Waals surface area contributed by atoms with E-state index in [1.54, 1.807) is 38.3 Å². The Morgan fingerprint density at radius 3 is 2.12 bits per heavy atom. The SMILES string of the molecule is COc1cc(C)c([C@@H](C)NC(=O)[C@@H](C)Oc2ccc(N(C)S(C)(=O)=O)cc2)cc1C(C)C. The number of anilines is 1. The van der Waals surface area contributed by atoms with Crippen molar-refractivity contribution < 1.29 is 22.7 Å². The Kier molecular flexibility index (Phi) is 8.18. The van der Waals surface area contributed by atoms with Gasteiger partial charge in [-0.15, -0.1) is 0 Å². The van der Waals surface area contributed by atoms with Crippen LogP contribution in [0.4, 0.5) is 5.69 Å². The zero-order chi connectivity index (χ0) is 24.2. The van der Waals surface area contributed by atoms with Gasteiger partial charge in [0.1, 0.15) is 11.5 Å². The first kappa shape index (κ1) is 25.5. The van der Waals surface area contributed by atoms with Gasteiger partial charge in [0.15, 0.2) is 6.10 Å². The minimum absolute atomic E-state index is 0.206. The van der Waals surface area contributed by atoms with Crippen molar-refractivity contribution >= 4 is 21.6 Å². The van der Waals surface area contributed by atoms with E-state index in [0.717, 1.165) is 28.7 Å². The zero-order valence-electron chi connectivity index (χ0n) is 20.1. The molecule has 2 atom stereocenters. The van der Waals surface area contributed by atoms with E-state index < -0.39 is 16.1 Å². The number of methoxy groups -OCH3 is 1. The van der Waals surface area contributed by atoms with E-state index in [0.29, 0.717) is 17.4 Å². The molecule has 1 N–H and O–H groups in total. The molecule has 2 aromatic rings. The first-order valence-corrected chi connectivity index (χ1v) is 12.4. The lowest BCUT2D eigenvalue weighted by atomic mass is 9.93. The highest BCUT2D eigenvalue weighted by Gasteiger charge is 2.21. The molecule has 0 bridgehead atoms. The van der Waals surface area contributed by atoms with Gasteiger partial charge in [-0.2, -0.15) is 0 Å². The summed E-state index contributed by atoms with van der Waals surface area (Å²) < 4.78 is 35.8. The van der Waals surface area contributed by atoms with Gasteiger partial charge in [-0.3, -0.25) is 9.10 Å². The van der Waals surface area contributed by atoms with Crippen molar-refractivity contribution in [3.05, 3.63) is 53.1 Å². The number of hydrogen-bond donors (Lipinski definition) is 1. The summed E-state index contributed by atoms with van der Waals surface area (Å²) in [5.74, 6) is 1.38. The molecule has 8 heteroatoms. The third-order valence-electron chi connectivity index (χ3n) is 5.45. The monoisotopic (exact) mass is 462 g/mol. The predicted octanol–water partition coefficient (Wildman–Crippen LogP) is 4.17. The fourth-order valence-corrected chi connectivity index (χ4v) is 3.91. The first-order valence-electron chi connectivity index (χ1n) is 10.5. The number of benzene rings is 2. The number of carbonyl (C=O) groups excluding carboxylic acids is 1. The molecule has 0 aromatic heterocycles. The molecule has 0 saturated heterocycles. The summed E-state index contributed by atoms with van der Waals surface area (Å²) in [7, 11) is -0.198. The minimum Gasteiger partial charge on any atom is -0.496 e. The molecule has 0 radical (unpaired) electrons. The fraction of sp³-hybridized carbons (Fsp3) is 0.458. The first-order chi connectivity index (χ1) is 14.8. The van der Waals surface area contributed by atoms with Gasteiger partial charge in [0, 0.05) is 7.05 Å². The van der Waals surface area contributed by atoms with Gasteiger partial charge in [-0.1, -0.05) is 13.8 Å². The maximum absolute atomic E-state index is 12.7. The molecule has 0 fully saturated rings. The van der Waals surface area contributed by atoms with E-state index in [4.69, 9.17) is 9.47 Å². The highest BCUT2D eigenvalue weighted by atomic mass is 32.2. The Balaban J connectivity index is 2.09. The molecular formula is C24H34N2O5S. The Bertz CT molecular complexity index is 1050. The maximum atomic E-state index is 12.7. The molecule has 1 amide bonds. The average Bonchev–Trinajstić information content (AvgIpc) is 2.72. The number of aryl methyl sites for hydroxylation is 1. The number of nitrogens with one attached hydrogen (secondary N) is 1. The number of hydrogen-bond acceptors (Lipinski definition) is 5. The molecule has 7 nitrogen and oxygen atoms in total. The van der Waals surface area contributed by atoms with Crippen molar-refractivity contribution in [3.63, 3.8) is 0 Å². The second-order valence-electron chi connectivity index (χ2n) is 8.32. The molecular weight excluding hydrogens is 428 g/mol.